The van der Waals surface area contributed by atoms with Crippen LogP contribution in [-0.4, -0.2) is 29.6 Å². The van der Waals surface area contributed by atoms with Crippen LogP contribution in [0.15, 0.2) is 48.5 Å². The van der Waals surface area contributed by atoms with Gasteiger partial charge in [-0.1, -0.05) is 70.7 Å². The first-order chi connectivity index (χ1) is 16.7. The minimum atomic E-state index is -1.29. The topological polar surface area (TPSA) is 75.6 Å². The molecule has 1 amide bonds. The van der Waals surface area contributed by atoms with Crippen LogP contribution in [0.1, 0.15) is 21.5 Å². The largest absolute Gasteiger partial charge is 0.488 e. The molecule has 0 aliphatic carbocycles. The van der Waals surface area contributed by atoms with Crippen LogP contribution in [0.25, 0.3) is 17.2 Å². The van der Waals surface area contributed by atoms with Gasteiger partial charge in [0.05, 0.1) is 25.7 Å². The third kappa shape index (κ3) is 5.26. The van der Waals surface area contributed by atoms with E-state index in [4.69, 9.17) is 51.1 Å². The monoisotopic (exact) mass is 553 g/mol. The molecule has 1 aliphatic heterocycles. The van der Waals surface area contributed by atoms with Crippen molar-refractivity contribution in [1.29, 1.82) is 0 Å². The number of carbonyl (C=O) groups excluding carboxylic acids is 1. The van der Waals surface area contributed by atoms with Crippen molar-refractivity contribution < 1.29 is 23.8 Å². The van der Waals surface area contributed by atoms with Crippen LogP contribution >= 0.6 is 46.4 Å². The molecule has 1 aliphatic rings. The van der Waals surface area contributed by atoms with Crippen molar-refractivity contribution in [3.8, 4) is 16.9 Å². The summed E-state index contributed by atoms with van der Waals surface area (Å²) in [5, 5.41) is 12.7. The highest BCUT2D eigenvalue weighted by Crippen LogP contribution is 2.44. The first-order valence-corrected chi connectivity index (χ1v) is 11.8. The summed E-state index contributed by atoms with van der Waals surface area (Å²) in [6, 6.07) is 8.92. The number of amides is 1. The molecule has 0 radical (unpaired) electrons. The number of rotatable bonds is 6. The zero-order chi connectivity index (χ0) is 25.3. The molecule has 5 nitrogen and oxygen atoms in total. The van der Waals surface area contributed by atoms with Crippen molar-refractivity contribution in [1.82, 2.24) is 5.32 Å². The fraction of sp³-hybridized carbons (Fsp3) is 0.120. The lowest BCUT2D eigenvalue weighted by Crippen LogP contribution is -2.42. The van der Waals surface area contributed by atoms with E-state index in [0.717, 1.165) is 12.1 Å². The second-order valence-electron chi connectivity index (χ2n) is 7.64. The quantitative estimate of drug-likeness (QED) is 0.346. The van der Waals surface area contributed by atoms with Gasteiger partial charge in [0, 0.05) is 23.1 Å². The van der Waals surface area contributed by atoms with Gasteiger partial charge >= 0.3 is 5.97 Å². The van der Waals surface area contributed by atoms with Crippen LogP contribution in [-0.2, 0) is 11.2 Å². The Kier molecular flexibility index (Phi) is 7.57. The number of halogens is 5. The molecule has 35 heavy (non-hydrogen) atoms. The van der Waals surface area contributed by atoms with Crippen LogP contribution in [0.2, 0.25) is 20.1 Å². The standard InChI is InChI=1S/C25H16Cl4FNO4/c26-16-4-1-5-17(27)22(16)24(32)31-20(25(33)34)9-12-6-7-15(23-14(12)3-2-8-35-23)21-18(28)10-13(30)11-19(21)29/h1-7,10-11,20H,8-9H2,(H,31,32)(H,33,34)/t20-/m0/s1. The third-order valence-corrected chi connectivity index (χ3v) is 6.61. The Morgan fingerprint density at radius 3 is 2.31 bits per heavy atom. The van der Waals surface area contributed by atoms with E-state index in [1.54, 1.807) is 30.4 Å². The predicted molar refractivity (Wildman–Crippen MR) is 135 cm³/mol. The number of hydrogen-bond acceptors (Lipinski definition) is 3. The van der Waals surface area contributed by atoms with E-state index in [-0.39, 0.29) is 38.7 Å². The summed E-state index contributed by atoms with van der Waals surface area (Å²) in [7, 11) is 0. The Hall–Kier alpha value is -2.77. The molecule has 1 heterocycles. The fourth-order valence-corrected chi connectivity index (χ4v) is 5.05. The van der Waals surface area contributed by atoms with Gasteiger partial charge < -0.3 is 15.2 Å². The third-order valence-electron chi connectivity index (χ3n) is 5.39. The van der Waals surface area contributed by atoms with Crippen LogP contribution in [0.5, 0.6) is 5.75 Å². The molecule has 2 N–H and O–H groups in total. The molecule has 3 aromatic rings. The molecular formula is C25H16Cl4FNO4. The number of carbonyl (C=O) groups is 2. The number of ether oxygens (including phenoxy) is 1. The van der Waals surface area contributed by atoms with Gasteiger partial charge in [0.1, 0.15) is 24.2 Å². The summed E-state index contributed by atoms with van der Waals surface area (Å²) in [5.74, 6) is -2.11. The van der Waals surface area contributed by atoms with E-state index in [9.17, 15) is 19.1 Å². The molecule has 0 saturated carbocycles. The van der Waals surface area contributed by atoms with Crippen LogP contribution in [0, 0.1) is 5.82 Å². The van der Waals surface area contributed by atoms with E-state index in [1.165, 1.54) is 12.1 Å². The first-order valence-electron chi connectivity index (χ1n) is 10.2. The molecule has 0 saturated heterocycles. The zero-order valence-corrected chi connectivity index (χ0v) is 20.8. The average Bonchev–Trinajstić information content (AvgIpc) is 2.79. The Morgan fingerprint density at radius 2 is 1.69 bits per heavy atom. The highest BCUT2D eigenvalue weighted by molar-refractivity contribution is 6.40. The highest BCUT2D eigenvalue weighted by Gasteiger charge is 2.27. The number of carboxylic acid groups (broad SMARTS) is 1. The molecule has 0 spiro atoms. The van der Waals surface area contributed by atoms with Crippen molar-refractivity contribution in [3.05, 3.63) is 91.1 Å². The van der Waals surface area contributed by atoms with E-state index < -0.39 is 23.7 Å². The van der Waals surface area contributed by atoms with Gasteiger partial charge in [0.15, 0.2) is 0 Å². The summed E-state index contributed by atoms with van der Waals surface area (Å²) in [4.78, 5) is 24.8. The van der Waals surface area contributed by atoms with Crippen molar-refractivity contribution in [2.24, 2.45) is 0 Å². The molecule has 0 bridgehead atoms. The molecule has 3 aromatic carbocycles. The van der Waals surface area contributed by atoms with Gasteiger partial charge in [-0.2, -0.15) is 0 Å². The maximum absolute atomic E-state index is 13.7. The number of benzene rings is 3. The van der Waals surface area contributed by atoms with Crippen molar-refractivity contribution in [2.75, 3.05) is 6.61 Å². The Morgan fingerprint density at radius 1 is 1.03 bits per heavy atom. The van der Waals surface area contributed by atoms with E-state index in [0.29, 0.717) is 28.0 Å². The zero-order valence-electron chi connectivity index (χ0n) is 17.7. The van der Waals surface area contributed by atoms with E-state index >= 15 is 0 Å². The minimum Gasteiger partial charge on any atom is -0.488 e. The van der Waals surface area contributed by atoms with Gasteiger partial charge in [0.25, 0.3) is 5.91 Å². The predicted octanol–water partition coefficient (Wildman–Crippen LogP) is 6.94. The van der Waals surface area contributed by atoms with Gasteiger partial charge in [-0.25, -0.2) is 9.18 Å². The van der Waals surface area contributed by atoms with Crippen molar-refractivity contribution in [2.45, 2.75) is 12.5 Å². The van der Waals surface area contributed by atoms with E-state index in [1.807, 2.05) is 0 Å². The van der Waals surface area contributed by atoms with Gasteiger partial charge in [0.2, 0.25) is 0 Å². The van der Waals surface area contributed by atoms with E-state index in [2.05, 4.69) is 5.32 Å². The average molecular weight is 555 g/mol. The molecule has 0 unspecified atom stereocenters. The number of aliphatic carboxylic acids is 1. The lowest BCUT2D eigenvalue weighted by molar-refractivity contribution is -0.139. The Balaban J connectivity index is 1.70. The van der Waals surface area contributed by atoms with Crippen molar-refractivity contribution >= 4 is 64.4 Å². The first kappa shape index (κ1) is 25.3. The molecule has 180 valence electrons. The summed E-state index contributed by atoms with van der Waals surface area (Å²) < 4.78 is 19.6. The van der Waals surface area contributed by atoms with Crippen molar-refractivity contribution in [3.63, 3.8) is 0 Å². The highest BCUT2D eigenvalue weighted by atomic mass is 35.5. The number of carboxylic acids is 1. The molecule has 10 heteroatoms. The smallest absolute Gasteiger partial charge is 0.326 e. The molecule has 0 aromatic heterocycles. The van der Waals surface area contributed by atoms with Gasteiger partial charge in [-0.15, -0.1) is 0 Å². The summed E-state index contributed by atoms with van der Waals surface area (Å²) in [5.41, 5.74) is 2.10. The maximum Gasteiger partial charge on any atom is 0.326 e. The molecule has 0 fully saturated rings. The lowest BCUT2D eigenvalue weighted by Gasteiger charge is -2.23. The second-order valence-corrected chi connectivity index (χ2v) is 9.27. The van der Waals surface area contributed by atoms with Gasteiger partial charge in [-0.05, 0) is 35.9 Å². The lowest BCUT2D eigenvalue weighted by atomic mass is 9.92. The Bertz CT molecular complexity index is 1330. The second kappa shape index (κ2) is 10.5. The summed E-state index contributed by atoms with van der Waals surface area (Å²) in [6.45, 7) is 0.268. The summed E-state index contributed by atoms with van der Waals surface area (Å²) >= 11 is 24.7. The van der Waals surface area contributed by atoms with Crippen LogP contribution in [0.4, 0.5) is 4.39 Å². The maximum atomic E-state index is 13.7. The number of hydrogen-bond donors (Lipinski definition) is 2. The van der Waals surface area contributed by atoms with Crippen LogP contribution < -0.4 is 10.1 Å². The van der Waals surface area contributed by atoms with Crippen LogP contribution in [0.3, 0.4) is 0 Å². The molecule has 4 rings (SSSR count). The molecular weight excluding hydrogens is 539 g/mol. The fourth-order valence-electron chi connectivity index (χ4n) is 3.82. The Labute approximate surface area is 220 Å². The number of fused-ring (bicyclic) bond motifs is 1. The summed E-state index contributed by atoms with van der Waals surface area (Å²) in [6.07, 6.45) is 3.49. The van der Waals surface area contributed by atoms with Gasteiger partial charge in [-0.3, -0.25) is 4.79 Å². The number of nitrogens with one attached hydrogen (secondary N) is 1. The normalized spacial score (nSPS) is 13.1. The minimum absolute atomic E-state index is 0.0108. The molecule has 1 atom stereocenters. The SMILES string of the molecule is O=C(N[C@@H](Cc1ccc(-c2c(Cl)cc(F)cc2Cl)c2c1C=CCO2)C(=O)O)c1c(Cl)cccc1Cl.